The van der Waals surface area contributed by atoms with Gasteiger partial charge in [-0.15, -0.1) is 10.2 Å². The molecule has 0 amide bonds. The van der Waals surface area contributed by atoms with Crippen molar-refractivity contribution >= 4 is 17.4 Å². The van der Waals surface area contributed by atoms with Crippen molar-refractivity contribution in [2.75, 3.05) is 19.2 Å². The number of ether oxygens (including phenoxy) is 3. The lowest BCUT2D eigenvalue weighted by atomic mass is 9.90. The number of hydrogen-bond acceptors (Lipinski definition) is 7. The van der Waals surface area contributed by atoms with Crippen LogP contribution in [0.2, 0.25) is 5.02 Å². The zero-order chi connectivity index (χ0) is 21.6. The Morgan fingerprint density at radius 3 is 2.84 bits per heavy atom. The molecule has 0 saturated heterocycles. The van der Waals surface area contributed by atoms with E-state index in [1.165, 1.54) is 0 Å². The molecular weight excluding hydrogens is 418 g/mol. The maximum atomic E-state index is 10.3. The molecule has 2 fully saturated rings. The van der Waals surface area contributed by atoms with Crippen molar-refractivity contribution in [2.24, 2.45) is 0 Å². The number of nitrogens with zero attached hydrogens (tertiary/aromatic N) is 2. The van der Waals surface area contributed by atoms with E-state index >= 15 is 0 Å². The molecule has 2 N–H and O–H groups in total. The van der Waals surface area contributed by atoms with E-state index in [1.54, 1.807) is 13.2 Å². The SMILES string of the molecule is COCOc1cc(Cl)ccc1-c1nnc(N[C@@H]2CCC[C@H]2O)c2c1CC1(CC1)OC2C. The van der Waals surface area contributed by atoms with E-state index in [-0.39, 0.29) is 30.6 Å². The summed E-state index contributed by atoms with van der Waals surface area (Å²) in [6.07, 6.45) is 5.15. The van der Waals surface area contributed by atoms with E-state index in [0.29, 0.717) is 16.6 Å². The molecule has 2 heterocycles. The molecule has 5 rings (SSSR count). The minimum atomic E-state index is -0.364. The molecule has 1 unspecified atom stereocenters. The van der Waals surface area contributed by atoms with Crippen LogP contribution in [0.4, 0.5) is 5.82 Å². The second-order valence-corrected chi connectivity index (χ2v) is 9.29. The molecule has 1 aromatic heterocycles. The second-order valence-electron chi connectivity index (χ2n) is 8.85. The third-order valence-corrected chi connectivity index (χ3v) is 6.82. The number of nitrogens with one attached hydrogen (secondary N) is 1. The van der Waals surface area contributed by atoms with Gasteiger partial charge in [-0.1, -0.05) is 11.6 Å². The van der Waals surface area contributed by atoms with Gasteiger partial charge in [0.1, 0.15) is 11.4 Å². The average Bonchev–Trinajstić information content (AvgIpc) is 3.36. The van der Waals surface area contributed by atoms with Gasteiger partial charge >= 0.3 is 0 Å². The number of aliphatic hydroxyl groups is 1. The molecule has 0 radical (unpaired) electrons. The summed E-state index contributed by atoms with van der Waals surface area (Å²) in [4.78, 5) is 0. The monoisotopic (exact) mass is 445 g/mol. The van der Waals surface area contributed by atoms with E-state index in [1.807, 2.05) is 12.1 Å². The van der Waals surface area contributed by atoms with Crippen LogP contribution in [-0.4, -0.2) is 47.0 Å². The Labute approximate surface area is 187 Å². The minimum absolute atomic E-state index is 0.00982. The molecule has 2 aromatic rings. The highest BCUT2D eigenvalue weighted by Gasteiger charge is 2.50. The maximum Gasteiger partial charge on any atom is 0.188 e. The number of fused-ring (bicyclic) bond motifs is 1. The predicted molar refractivity (Wildman–Crippen MR) is 117 cm³/mol. The number of hydrogen-bond donors (Lipinski definition) is 2. The largest absolute Gasteiger partial charge is 0.467 e. The lowest BCUT2D eigenvalue weighted by Crippen LogP contribution is -2.33. The van der Waals surface area contributed by atoms with Gasteiger partial charge in [0.25, 0.3) is 0 Å². The first kappa shape index (κ1) is 20.9. The molecule has 2 saturated carbocycles. The molecule has 8 heteroatoms. The number of rotatable bonds is 6. The molecule has 1 spiro atoms. The van der Waals surface area contributed by atoms with Crippen LogP contribution in [0.15, 0.2) is 18.2 Å². The molecule has 0 bridgehead atoms. The Kier molecular flexibility index (Phi) is 5.54. The fraction of sp³-hybridized carbons (Fsp3) is 0.565. The maximum absolute atomic E-state index is 10.3. The number of aliphatic hydroxyl groups excluding tert-OH is 1. The third-order valence-electron chi connectivity index (χ3n) is 6.59. The Balaban J connectivity index is 1.60. The lowest BCUT2D eigenvalue weighted by molar-refractivity contribution is -0.0339. The van der Waals surface area contributed by atoms with Gasteiger partial charge in [0.15, 0.2) is 12.6 Å². The van der Waals surface area contributed by atoms with E-state index in [2.05, 4.69) is 22.4 Å². The van der Waals surface area contributed by atoms with Gasteiger partial charge in [0, 0.05) is 29.7 Å². The normalized spacial score (nSPS) is 26.0. The summed E-state index contributed by atoms with van der Waals surface area (Å²) in [7, 11) is 1.58. The van der Waals surface area contributed by atoms with Crippen molar-refractivity contribution in [3.05, 3.63) is 34.3 Å². The summed E-state index contributed by atoms with van der Waals surface area (Å²) >= 11 is 6.23. The number of methoxy groups -OCH3 is 1. The van der Waals surface area contributed by atoms with Crippen molar-refractivity contribution in [1.82, 2.24) is 10.2 Å². The van der Waals surface area contributed by atoms with Gasteiger partial charge in [0.2, 0.25) is 0 Å². The molecule has 1 aliphatic heterocycles. The van der Waals surface area contributed by atoms with Gasteiger partial charge < -0.3 is 24.6 Å². The second kappa shape index (κ2) is 8.20. The van der Waals surface area contributed by atoms with Crippen LogP contribution >= 0.6 is 11.6 Å². The molecule has 31 heavy (non-hydrogen) atoms. The summed E-state index contributed by atoms with van der Waals surface area (Å²) in [5.41, 5.74) is 3.67. The summed E-state index contributed by atoms with van der Waals surface area (Å²) in [6.45, 7) is 2.19. The first-order chi connectivity index (χ1) is 15.0. The predicted octanol–water partition coefficient (Wildman–Crippen LogP) is 4.27. The van der Waals surface area contributed by atoms with Crippen molar-refractivity contribution in [1.29, 1.82) is 0 Å². The molecule has 7 nitrogen and oxygen atoms in total. The third kappa shape index (κ3) is 4.00. The highest BCUT2D eigenvalue weighted by atomic mass is 35.5. The molecule has 3 atom stereocenters. The summed E-state index contributed by atoms with van der Waals surface area (Å²) < 4.78 is 17.3. The van der Waals surface area contributed by atoms with Gasteiger partial charge in [-0.2, -0.15) is 0 Å². The van der Waals surface area contributed by atoms with Crippen LogP contribution in [0.5, 0.6) is 5.75 Å². The smallest absolute Gasteiger partial charge is 0.188 e. The van der Waals surface area contributed by atoms with E-state index in [4.69, 9.17) is 25.8 Å². The first-order valence-electron chi connectivity index (χ1n) is 10.9. The van der Waals surface area contributed by atoms with Crippen LogP contribution in [0.25, 0.3) is 11.3 Å². The Morgan fingerprint density at radius 1 is 1.29 bits per heavy atom. The summed E-state index contributed by atoms with van der Waals surface area (Å²) in [6, 6.07) is 5.53. The van der Waals surface area contributed by atoms with Crippen LogP contribution < -0.4 is 10.1 Å². The van der Waals surface area contributed by atoms with Crippen LogP contribution in [0.3, 0.4) is 0 Å². The number of aromatic nitrogens is 2. The highest BCUT2D eigenvalue weighted by Crippen LogP contribution is 2.53. The van der Waals surface area contributed by atoms with E-state index in [0.717, 1.165) is 60.9 Å². The minimum Gasteiger partial charge on any atom is -0.467 e. The topological polar surface area (TPSA) is 85.7 Å². The highest BCUT2D eigenvalue weighted by molar-refractivity contribution is 6.30. The van der Waals surface area contributed by atoms with Crippen LogP contribution in [0.1, 0.15) is 56.3 Å². The van der Waals surface area contributed by atoms with Gasteiger partial charge in [-0.3, -0.25) is 0 Å². The zero-order valence-electron chi connectivity index (χ0n) is 17.9. The van der Waals surface area contributed by atoms with Gasteiger partial charge in [-0.05, 0) is 62.8 Å². The molecule has 2 aliphatic carbocycles. The Morgan fingerprint density at radius 2 is 2.13 bits per heavy atom. The van der Waals surface area contributed by atoms with E-state index < -0.39 is 0 Å². The van der Waals surface area contributed by atoms with Crippen molar-refractivity contribution in [3.8, 4) is 17.0 Å². The fourth-order valence-electron chi connectivity index (χ4n) is 4.87. The summed E-state index contributed by atoms with van der Waals surface area (Å²) in [5, 5.41) is 23.5. The number of benzene rings is 1. The Bertz CT molecular complexity index is 982. The molecule has 166 valence electrons. The average molecular weight is 446 g/mol. The molecular formula is C23H28ClN3O4. The van der Waals surface area contributed by atoms with Crippen LogP contribution in [0, 0.1) is 0 Å². The standard InChI is InChI=1S/C23H28ClN3O4/c1-13-20-16(11-23(31-13)8-9-23)21(15-7-6-14(24)10-19(15)30-12-29-2)26-27-22(20)25-17-4-3-5-18(17)28/h6-7,10,13,17-18,28H,3-5,8-9,11-12H2,1-2H3,(H,25,27)/t13?,17-,18-/m1/s1. The van der Waals surface area contributed by atoms with Crippen molar-refractivity contribution in [3.63, 3.8) is 0 Å². The van der Waals surface area contributed by atoms with Crippen molar-refractivity contribution < 1.29 is 19.3 Å². The first-order valence-corrected chi connectivity index (χ1v) is 11.3. The van der Waals surface area contributed by atoms with Crippen LogP contribution in [-0.2, 0) is 15.9 Å². The Hall–Kier alpha value is -1.93. The summed E-state index contributed by atoms with van der Waals surface area (Å²) in [5.74, 6) is 1.32. The quantitative estimate of drug-likeness (QED) is 0.642. The number of halogens is 1. The molecule has 1 aromatic carbocycles. The van der Waals surface area contributed by atoms with Gasteiger partial charge in [0.05, 0.1) is 23.9 Å². The molecule has 3 aliphatic rings. The zero-order valence-corrected chi connectivity index (χ0v) is 18.6. The van der Waals surface area contributed by atoms with Gasteiger partial charge in [-0.25, -0.2) is 0 Å². The number of anilines is 1. The van der Waals surface area contributed by atoms with E-state index in [9.17, 15) is 5.11 Å². The fourth-order valence-corrected chi connectivity index (χ4v) is 5.04. The lowest BCUT2D eigenvalue weighted by Gasteiger charge is -2.33. The van der Waals surface area contributed by atoms with Crippen molar-refractivity contribution in [2.45, 2.75) is 69.3 Å².